The Hall–Kier alpha value is -2.29. The number of phosphoric acid groups is 1. The molecule has 0 aromatic carbocycles. The Labute approximate surface area is 528 Å². The zero-order valence-corrected chi connectivity index (χ0v) is 58.0. The molecule has 0 aromatic rings. The Bertz CT molecular complexity index is 1640. The molecule has 0 saturated carbocycles. The molecule has 498 valence electrons. The average Bonchev–Trinajstić information content (AvgIpc) is 3.64. The van der Waals surface area contributed by atoms with Gasteiger partial charge in [-0.1, -0.05) is 307 Å². The van der Waals surface area contributed by atoms with Crippen molar-refractivity contribution in [1.82, 2.24) is 5.32 Å². The van der Waals surface area contributed by atoms with E-state index in [9.17, 15) is 19.0 Å². The fourth-order valence-corrected chi connectivity index (χ4v) is 11.5. The molecule has 0 aliphatic rings. The van der Waals surface area contributed by atoms with E-state index in [1.165, 1.54) is 250 Å². The number of carbonyl (C=O) groups excluding carboxylic acids is 2. The second-order valence-electron chi connectivity index (χ2n) is 26.1. The molecule has 0 aliphatic heterocycles. The molecule has 1 N–H and O–H groups in total. The first-order valence-corrected chi connectivity index (χ1v) is 38.1. The van der Waals surface area contributed by atoms with Crippen molar-refractivity contribution in [2.75, 3.05) is 40.9 Å². The number of nitrogens with zero attached hydrogens (tertiary/aromatic N) is 1. The number of ether oxygens (including phenoxy) is 1. The average molecular weight is 1210 g/mol. The van der Waals surface area contributed by atoms with E-state index in [4.69, 9.17) is 13.8 Å². The predicted octanol–water partition coefficient (Wildman–Crippen LogP) is 22.7. The van der Waals surface area contributed by atoms with Crippen molar-refractivity contribution in [3.63, 3.8) is 0 Å². The molecule has 0 saturated heterocycles. The SMILES string of the molecule is CCCCC/C=C\C/C=C\C/C=C\CCCCCCCCCCCCCCC(=O)NC(COP(=O)([O-])OCC[N+](C)(C)C)C(/C=C/CCCCCCCCCCC)OC(=O)CCCCCCCCCCCCCCC/C=C/CCCCCCCC. The van der Waals surface area contributed by atoms with Crippen molar-refractivity contribution in [2.24, 2.45) is 0 Å². The number of unbranched alkanes of at least 4 members (excludes halogenated alkanes) is 43. The van der Waals surface area contributed by atoms with Gasteiger partial charge >= 0.3 is 5.97 Å². The van der Waals surface area contributed by atoms with Crippen LogP contribution in [0, 0.1) is 0 Å². The second kappa shape index (κ2) is 64.7. The first-order valence-electron chi connectivity index (χ1n) is 36.6. The quantitative estimate of drug-likeness (QED) is 0.0212. The lowest BCUT2D eigenvalue weighted by Crippen LogP contribution is -2.47. The molecule has 9 nitrogen and oxygen atoms in total. The maximum Gasteiger partial charge on any atom is 0.306 e. The largest absolute Gasteiger partial charge is 0.756 e. The van der Waals surface area contributed by atoms with Gasteiger partial charge in [-0.15, -0.1) is 0 Å². The number of quaternary nitrogens is 1. The summed E-state index contributed by atoms with van der Waals surface area (Å²) in [5.74, 6) is -0.530. The predicted molar refractivity (Wildman–Crippen MR) is 367 cm³/mol. The monoisotopic (exact) mass is 1210 g/mol. The molecule has 0 bridgehead atoms. The van der Waals surface area contributed by atoms with E-state index in [2.05, 4.69) is 74.7 Å². The Morgan fingerprint density at radius 3 is 1.11 bits per heavy atom. The fraction of sp³-hybridized carbons (Fsp3) is 0.840. The first kappa shape index (κ1) is 82.7. The summed E-state index contributed by atoms with van der Waals surface area (Å²) in [5.41, 5.74) is 0. The number of allylic oxidation sites excluding steroid dienone is 9. The number of phosphoric ester groups is 1. The van der Waals surface area contributed by atoms with Crippen LogP contribution < -0.4 is 10.2 Å². The smallest absolute Gasteiger partial charge is 0.306 e. The van der Waals surface area contributed by atoms with Gasteiger partial charge in [0, 0.05) is 12.8 Å². The third-order valence-electron chi connectivity index (χ3n) is 16.4. The summed E-state index contributed by atoms with van der Waals surface area (Å²) >= 11 is 0. The van der Waals surface area contributed by atoms with Crippen LogP contribution in [0.25, 0.3) is 0 Å². The number of hydrogen-bond donors (Lipinski definition) is 1. The summed E-state index contributed by atoms with van der Waals surface area (Å²) in [6.45, 7) is 6.85. The molecule has 0 spiro atoms. The molecule has 3 unspecified atom stereocenters. The highest BCUT2D eigenvalue weighted by atomic mass is 31.2. The lowest BCUT2D eigenvalue weighted by molar-refractivity contribution is -0.870. The molecule has 3 atom stereocenters. The molecule has 0 heterocycles. The van der Waals surface area contributed by atoms with Crippen LogP contribution in [0.15, 0.2) is 60.8 Å². The van der Waals surface area contributed by atoms with Gasteiger partial charge in [-0.25, -0.2) is 0 Å². The van der Waals surface area contributed by atoms with Crippen LogP contribution in [0.1, 0.15) is 355 Å². The third-order valence-corrected chi connectivity index (χ3v) is 17.4. The first-order chi connectivity index (χ1) is 41.4. The summed E-state index contributed by atoms with van der Waals surface area (Å²) < 4.78 is 30.5. The Kier molecular flexibility index (Phi) is 62.9. The van der Waals surface area contributed by atoms with E-state index in [0.29, 0.717) is 17.4 Å². The van der Waals surface area contributed by atoms with Crippen molar-refractivity contribution < 1.29 is 37.3 Å². The molecule has 0 fully saturated rings. The van der Waals surface area contributed by atoms with Gasteiger partial charge in [-0.2, -0.15) is 0 Å². The lowest BCUT2D eigenvalue weighted by Gasteiger charge is -2.30. The zero-order valence-electron chi connectivity index (χ0n) is 57.1. The van der Waals surface area contributed by atoms with Crippen molar-refractivity contribution in [1.29, 1.82) is 0 Å². The molecule has 0 aromatic heterocycles. The van der Waals surface area contributed by atoms with E-state index in [-0.39, 0.29) is 31.5 Å². The molecule has 10 heteroatoms. The molecule has 85 heavy (non-hydrogen) atoms. The Morgan fingerprint density at radius 1 is 0.412 bits per heavy atom. The van der Waals surface area contributed by atoms with Gasteiger partial charge in [0.1, 0.15) is 19.3 Å². The van der Waals surface area contributed by atoms with Crippen molar-refractivity contribution in [3.05, 3.63) is 60.8 Å². The van der Waals surface area contributed by atoms with Gasteiger partial charge in [0.05, 0.1) is 33.8 Å². The Balaban J connectivity index is 4.98. The van der Waals surface area contributed by atoms with Gasteiger partial charge in [-0.05, 0) is 96.0 Å². The van der Waals surface area contributed by atoms with E-state index in [1.54, 1.807) is 0 Å². The van der Waals surface area contributed by atoms with Gasteiger partial charge in [0.15, 0.2) is 0 Å². The standard InChI is InChI=1S/C75H141N2O7P/c1-7-10-13-16-19-22-25-27-29-31-33-35-37-38-40-41-43-45-47-49-52-55-58-61-64-67-74(78)76-72(71-83-85(80,81)82-70-69-77(4,5)6)73(66-63-60-57-54-51-24-21-18-15-12-9-3)84-75(79)68-65-62-59-56-53-50-48-46-44-42-39-36-34-32-30-28-26-23-20-17-14-11-8-2/h19,22,27-30,33,35,63,66,72-73H,7-18,20-21,23-26,31-32,34,36-62,64-65,67-71H2,1-6H3,(H-,76,78,80,81)/b22-19-,29-27-,30-28+,35-33-,66-63+. The summed E-state index contributed by atoms with van der Waals surface area (Å²) in [7, 11) is 1.19. The van der Waals surface area contributed by atoms with Crippen LogP contribution in [0.2, 0.25) is 0 Å². The highest BCUT2D eigenvalue weighted by molar-refractivity contribution is 7.45. The number of esters is 1. The molecular weight excluding hydrogens is 1070 g/mol. The van der Waals surface area contributed by atoms with E-state index in [1.807, 2.05) is 33.3 Å². The molecule has 0 rings (SSSR count). The zero-order chi connectivity index (χ0) is 62.1. The highest BCUT2D eigenvalue weighted by Crippen LogP contribution is 2.38. The highest BCUT2D eigenvalue weighted by Gasteiger charge is 2.27. The van der Waals surface area contributed by atoms with Crippen LogP contribution in [-0.2, 0) is 27.9 Å². The van der Waals surface area contributed by atoms with Gasteiger partial charge in [0.2, 0.25) is 5.91 Å². The summed E-state index contributed by atoms with van der Waals surface area (Å²) in [5, 5.41) is 3.05. The minimum atomic E-state index is -4.70. The number of amides is 1. The number of hydrogen-bond acceptors (Lipinski definition) is 7. The summed E-state index contributed by atoms with van der Waals surface area (Å²) in [6, 6.07) is -0.890. The number of likely N-dealkylation sites (N-methyl/N-ethyl adjacent to an activating group) is 1. The molecular formula is C75H141N2O7P. The summed E-state index contributed by atoms with van der Waals surface area (Å²) in [4.78, 5) is 40.2. The van der Waals surface area contributed by atoms with Crippen LogP contribution in [-0.4, -0.2) is 69.4 Å². The third kappa shape index (κ3) is 66.0. The van der Waals surface area contributed by atoms with Crippen molar-refractivity contribution in [2.45, 2.75) is 367 Å². The van der Waals surface area contributed by atoms with Gasteiger partial charge in [-0.3, -0.25) is 14.2 Å². The normalized spacial score (nSPS) is 13.8. The number of rotatable bonds is 67. The molecule has 0 aliphatic carbocycles. The number of nitrogens with one attached hydrogen (secondary N) is 1. The van der Waals surface area contributed by atoms with Crippen LogP contribution in [0.3, 0.4) is 0 Å². The van der Waals surface area contributed by atoms with Crippen molar-refractivity contribution in [3.8, 4) is 0 Å². The maximum absolute atomic E-state index is 13.6. The topological polar surface area (TPSA) is 114 Å². The lowest BCUT2D eigenvalue weighted by atomic mass is 10.0. The fourth-order valence-electron chi connectivity index (χ4n) is 10.8. The van der Waals surface area contributed by atoms with Gasteiger partial charge < -0.3 is 28.5 Å². The second-order valence-corrected chi connectivity index (χ2v) is 27.5. The van der Waals surface area contributed by atoms with E-state index >= 15 is 0 Å². The van der Waals surface area contributed by atoms with E-state index < -0.39 is 20.0 Å². The van der Waals surface area contributed by atoms with Crippen molar-refractivity contribution >= 4 is 19.7 Å². The maximum atomic E-state index is 13.6. The van der Waals surface area contributed by atoms with Crippen LogP contribution in [0.4, 0.5) is 0 Å². The van der Waals surface area contributed by atoms with E-state index in [0.717, 1.165) is 70.6 Å². The van der Waals surface area contributed by atoms with Crippen LogP contribution in [0.5, 0.6) is 0 Å². The summed E-state index contributed by atoms with van der Waals surface area (Å²) in [6.07, 6.45) is 83.5. The Morgan fingerprint density at radius 2 is 0.718 bits per heavy atom. The minimum absolute atomic E-state index is 0.0223. The minimum Gasteiger partial charge on any atom is -0.756 e. The van der Waals surface area contributed by atoms with Gasteiger partial charge in [0.25, 0.3) is 7.82 Å². The number of carbonyl (C=O) groups is 2. The molecule has 0 radical (unpaired) electrons. The van der Waals surface area contributed by atoms with Crippen LogP contribution >= 0.6 is 7.82 Å². The molecule has 1 amide bonds.